The first-order chi connectivity index (χ1) is 8.96. The predicted octanol–water partition coefficient (Wildman–Crippen LogP) is 1.07. The molecule has 1 aromatic rings. The van der Waals surface area contributed by atoms with E-state index in [2.05, 4.69) is 20.7 Å². The van der Waals surface area contributed by atoms with Crippen LogP contribution in [0.5, 0.6) is 0 Å². The van der Waals surface area contributed by atoms with Crippen LogP contribution in [0.3, 0.4) is 0 Å². The number of rotatable bonds is 6. The van der Waals surface area contributed by atoms with E-state index in [-0.39, 0.29) is 5.97 Å². The molecule has 0 radical (unpaired) electrons. The van der Waals surface area contributed by atoms with Crippen molar-refractivity contribution < 1.29 is 9.53 Å². The summed E-state index contributed by atoms with van der Waals surface area (Å²) in [7, 11) is 1.37. The topological polar surface area (TPSA) is 102 Å². The number of nitrogens with two attached hydrogens (primary N) is 1. The molecule has 1 heterocycles. The molecule has 19 heavy (non-hydrogen) atoms. The van der Waals surface area contributed by atoms with Gasteiger partial charge < -0.3 is 15.5 Å². The minimum absolute atomic E-state index is 0.313. The molecule has 0 saturated carbocycles. The summed E-state index contributed by atoms with van der Waals surface area (Å²) in [6, 6.07) is 1.20. The van der Waals surface area contributed by atoms with Crippen LogP contribution >= 0.6 is 0 Å². The van der Waals surface area contributed by atoms with Gasteiger partial charge in [0.2, 0.25) is 0 Å². The summed E-state index contributed by atoms with van der Waals surface area (Å²) in [4.78, 5) is 20.0. The van der Waals surface area contributed by atoms with Crippen LogP contribution in [0.15, 0.2) is 6.07 Å². The van der Waals surface area contributed by atoms with Crippen molar-refractivity contribution in [1.82, 2.24) is 9.97 Å². The summed E-state index contributed by atoms with van der Waals surface area (Å²) in [6.07, 6.45) is 0.654. The molecule has 7 nitrogen and oxygen atoms in total. The first-order valence-electron chi connectivity index (χ1n) is 6.13. The van der Waals surface area contributed by atoms with Gasteiger partial charge in [0.05, 0.1) is 7.11 Å². The van der Waals surface area contributed by atoms with Gasteiger partial charge in [-0.2, -0.15) is 0 Å². The van der Waals surface area contributed by atoms with Crippen LogP contribution in [-0.2, 0) is 9.53 Å². The molecule has 0 saturated heterocycles. The molecule has 1 aromatic heterocycles. The van der Waals surface area contributed by atoms with E-state index in [1.807, 2.05) is 13.8 Å². The van der Waals surface area contributed by atoms with E-state index in [9.17, 15) is 4.79 Å². The van der Waals surface area contributed by atoms with E-state index in [1.54, 1.807) is 13.0 Å². The van der Waals surface area contributed by atoms with Crippen molar-refractivity contribution in [3.05, 3.63) is 11.9 Å². The number of anilines is 2. The van der Waals surface area contributed by atoms with Crippen molar-refractivity contribution in [3.8, 4) is 0 Å². The van der Waals surface area contributed by atoms with Crippen LogP contribution in [0.25, 0.3) is 0 Å². The van der Waals surface area contributed by atoms with Gasteiger partial charge >= 0.3 is 5.97 Å². The molecule has 0 aliphatic rings. The third-order valence-electron chi connectivity index (χ3n) is 2.50. The summed E-state index contributed by atoms with van der Waals surface area (Å²) in [5.74, 6) is 6.95. The van der Waals surface area contributed by atoms with E-state index < -0.39 is 6.04 Å². The van der Waals surface area contributed by atoms with Crippen molar-refractivity contribution in [3.63, 3.8) is 0 Å². The Balaban J connectivity index is 2.89. The molecular weight excluding hydrogens is 246 g/mol. The molecule has 1 rings (SSSR count). The zero-order chi connectivity index (χ0) is 14.4. The minimum Gasteiger partial charge on any atom is -0.467 e. The maximum Gasteiger partial charge on any atom is 0.328 e. The zero-order valence-electron chi connectivity index (χ0n) is 11.7. The van der Waals surface area contributed by atoms with Gasteiger partial charge in [0.15, 0.2) is 0 Å². The normalized spacial score (nSPS) is 12.1. The number of nitrogens with one attached hydrogen (secondary N) is 2. The molecular formula is C12H21N5O2. The highest BCUT2D eigenvalue weighted by atomic mass is 16.5. The third-order valence-corrected chi connectivity index (χ3v) is 2.50. The number of aromatic nitrogens is 2. The Morgan fingerprint density at radius 3 is 2.58 bits per heavy atom. The van der Waals surface area contributed by atoms with E-state index in [4.69, 9.17) is 10.6 Å². The number of carbonyl (C=O) groups is 1. The Morgan fingerprint density at radius 2 is 2.05 bits per heavy atom. The monoisotopic (exact) mass is 267 g/mol. The molecule has 0 aromatic carbocycles. The maximum atomic E-state index is 11.7. The summed E-state index contributed by atoms with van der Waals surface area (Å²) in [5, 5.41) is 3.06. The lowest BCUT2D eigenvalue weighted by Gasteiger charge is -2.19. The number of hydrogen-bond acceptors (Lipinski definition) is 7. The molecule has 4 N–H and O–H groups in total. The first-order valence-corrected chi connectivity index (χ1v) is 6.13. The highest BCUT2D eigenvalue weighted by Crippen LogP contribution is 2.15. The number of nitrogens with zero attached hydrogens (tertiary/aromatic N) is 2. The maximum absolute atomic E-state index is 11.7. The second-order valence-electron chi connectivity index (χ2n) is 4.68. The second kappa shape index (κ2) is 6.89. The molecule has 1 atom stereocenters. The van der Waals surface area contributed by atoms with Crippen LogP contribution in [0, 0.1) is 12.8 Å². The highest BCUT2D eigenvalue weighted by Gasteiger charge is 2.21. The largest absolute Gasteiger partial charge is 0.467 e. The van der Waals surface area contributed by atoms with Gasteiger partial charge in [0.25, 0.3) is 0 Å². The van der Waals surface area contributed by atoms with Gasteiger partial charge in [-0.3, -0.25) is 0 Å². The zero-order valence-corrected chi connectivity index (χ0v) is 11.7. The van der Waals surface area contributed by atoms with E-state index >= 15 is 0 Å². The Labute approximate surface area is 112 Å². The molecule has 0 aliphatic carbocycles. The van der Waals surface area contributed by atoms with Crippen molar-refractivity contribution in [2.45, 2.75) is 33.2 Å². The average molecular weight is 267 g/mol. The number of ether oxygens (including phenoxy) is 1. The van der Waals surface area contributed by atoms with Gasteiger partial charge in [-0.25, -0.2) is 20.6 Å². The van der Waals surface area contributed by atoms with Crippen LogP contribution < -0.4 is 16.6 Å². The van der Waals surface area contributed by atoms with Crippen molar-refractivity contribution in [2.75, 3.05) is 17.9 Å². The lowest BCUT2D eigenvalue weighted by molar-refractivity contribution is -0.141. The fourth-order valence-electron chi connectivity index (χ4n) is 1.72. The van der Waals surface area contributed by atoms with Crippen LogP contribution in [0.2, 0.25) is 0 Å². The molecule has 0 spiro atoms. The van der Waals surface area contributed by atoms with Gasteiger partial charge in [0, 0.05) is 6.07 Å². The average Bonchev–Trinajstić information content (AvgIpc) is 2.35. The van der Waals surface area contributed by atoms with Gasteiger partial charge in [-0.05, 0) is 19.3 Å². The smallest absolute Gasteiger partial charge is 0.328 e. The fraction of sp³-hybridized carbons (Fsp3) is 0.583. The van der Waals surface area contributed by atoms with Crippen molar-refractivity contribution in [2.24, 2.45) is 11.8 Å². The van der Waals surface area contributed by atoms with Crippen molar-refractivity contribution >= 4 is 17.6 Å². The Bertz CT molecular complexity index is 436. The van der Waals surface area contributed by atoms with Crippen LogP contribution in [0.4, 0.5) is 11.6 Å². The SMILES string of the molecule is COC(=O)C(CC(C)C)Nc1cc(NN)nc(C)n1. The summed E-state index contributed by atoms with van der Waals surface area (Å²) in [6.45, 7) is 5.83. The predicted molar refractivity (Wildman–Crippen MR) is 73.5 cm³/mol. The van der Waals surface area contributed by atoms with E-state index in [0.717, 1.165) is 0 Å². The van der Waals surface area contributed by atoms with Crippen molar-refractivity contribution in [1.29, 1.82) is 0 Å². The van der Waals surface area contributed by atoms with Gasteiger partial charge in [-0.15, -0.1) is 0 Å². The molecule has 7 heteroatoms. The molecule has 1 unspecified atom stereocenters. The van der Waals surface area contributed by atoms with Gasteiger partial charge in [0.1, 0.15) is 23.5 Å². The van der Waals surface area contributed by atoms with Gasteiger partial charge in [-0.1, -0.05) is 13.8 Å². The number of aryl methyl sites for hydroxylation is 1. The first kappa shape index (κ1) is 15.2. The Kier molecular flexibility index (Phi) is 5.50. The molecule has 0 aliphatic heterocycles. The Morgan fingerprint density at radius 1 is 1.42 bits per heavy atom. The standard InChI is InChI=1S/C12H21N5O2/c1-7(2)5-9(12(18)19-4)16-10-6-11(17-13)15-8(3)14-10/h6-7,9H,5,13H2,1-4H3,(H2,14,15,16,17). The Hall–Kier alpha value is -1.89. The lowest BCUT2D eigenvalue weighted by atomic mass is 10.0. The van der Waals surface area contributed by atoms with E-state index in [1.165, 1.54) is 7.11 Å². The fourth-order valence-corrected chi connectivity index (χ4v) is 1.72. The summed E-state index contributed by atoms with van der Waals surface area (Å²) >= 11 is 0. The third kappa shape index (κ3) is 4.70. The highest BCUT2D eigenvalue weighted by molar-refractivity contribution is 5.78. The molecule has 0 amide bonds. The number of esters is 1. The van der Waals surface area contributed by atoms with Crippen LogP contribution in [-0.4, -0.2) is 29.1 Å². The summed E-state index contributed by atoms with van der Waals surface area (Å²) < 4.78 is 4.79. The minimum atomic E-state index is -0.440. The number of methoxy groups -OCH3 is 1. The molecule has 0 fully saturated rings. The quantitative estimate of drug-likeness (QED) is 0.402. The number of hydrogen-bond donors (Lipinski definition) is 3. The molecule has 0 bridgehead atoms. The molecule has 106 valence electrons. The van der Waals surface area contributed by atoms with E-state index in [0.29, 0.717) is 29.8 Å². The second-order valence-corrected chi connectivity index (χ2v) is 4.68. The van der Waals surface area contributed by atoms with Crippen LogP contribution in [0.1, 0.15) is 26.1 Å². The number of carbonyl (C=O) groups excluding carboxylic acids is 1. The summed E-state index contributed by atoms with van der Waals surface area (Å²) in [5.41, 5.74) is 2.46. The number of nitrogen functional groups attached to an aromatic ring is 1. The lowest BCUT2D eigenvalue weighted by Crippen LogP contribution is -2.32. The number of hydrazine groups is 1.